The van der Waals surface area contributed by atoms with E-state index in [-0.39, 0.29) is 0 Å². The van der Waals surface area contributed by atoms with Crippen LogP contribution in [-0.2, 0) is 9.84 Å². The molecule has 0 radical (unpaired) electrons. The lowest BCUT2D eigenvalue weighted by Crippen LogP contribution is -2.27. The van der Waals surface area contributed by atoms with E-state index >= 15 is 0 Å². The van der Waals surface area contributed by atoms with Gasteiger partial charge in [-0.1, -0.05) is 13.8 Å². The Hall–Kier alpha value is -0.0900. The Morgan fingerprint density at radius 2 is 2.00 bits per heavy atom. The third-order valence-corrected chi connectivity index (χ3v) is 4.13. The fraction of sp³-hybridized carbons (Fsp3) is 1.00. The van der Waals surface area contributed by atoms with Crippen molar-refractivity contribution in [1.82, 2.24) is 5.32 Å². The summed E-state index contributed by atoms with van der Waals surface area (Å²) < 4.78 is 23.0. The van der Waals surface area contributed by atoms with Crippen molar-refractivity contribution in [2.75, 3.05) is 24.6 Å². The molecule has 1 aliphatic carbocycles. The van der Waals surface area contributed by atoms with E-state index in [9.17, 15) is 8.42 Å². The van der Waals surface area contributed by atoms with Crippen LogP contribution in [0.1, 0.15) is 26.7 Å². The first kappa shape index (κ1) is 12.0. The van der Waals surface area contributed by atoms with Crippen LogP contribution in [0.25, 0.3) is 0 Å². The average molecular weight is 219 g/mol. The quantitative estimate of drug-likeness (QED) is 0.651. The molecule has 0 aromatic rings. The normalized spacial score (nSPS) is 17.6. The first-order valence-electron chi connectivity index (χ1n) is 5.41. The highest BCUT2D eigenvalue weighted by Crippen LogP contribution is 2.30. The summed E-state index contributed by atoms with van der Waals surface area (Å²) in [6.45, 7) is 5.74. The molecule has 1 fully saturated rings. The van der Waals surface area contributed by atoms with Gasteiger partial charge in [-0.2, -0.15) is 0 Å². The summed E-state index contributed by atoms with van der Waals surface area (Å²) in [6, 6.07) is 0. The highest BCUT2D eigenvalue weighted by molar-refractivity contribution is 7.91. The predicted octanol–water partition coefficient (Wildman–Crippen LogP) is 1.06. The molecule has 1 aliphatic rings. The number of nitrogens with one attached hydrogen (secondary N) is 1. The second kappa shape index (κ2) is 5.12. The lowest BCUT2D eigenvalue weighted by molar-refractivity contribution is 0.556. The molecule has 0 bridgehead atoms. The van der Waals surface area contributed by atoms with Gasteiger partial charge in [-0.05, 0) is 31.2 Å². The highest BCUT2D eigenvalue weighted by atomic mass is 32.2. The van der Waals surface area contributed by atoms with Gasteiger partial charge in [0, 0.05) is 6.54 Å². The number of rotatable bonds is 7. The summed E-state index contributed by atoms with van der Waals surface area (Å²) in [5.74, 6) is 1.78. The van der Waals surface area contributed by atoms with Gasteiger partial charge in [0.15, 0.2) is 9.84 Å². The van der Waals surface area contributed by atoms with E-state index in [0.29, 0.717) is 29.9 Å². The molecule has 0 aliphatic heterocycles. The standard InChI is InChI=1S/C10H21NO2S/c1-9(2)7-11-5-6-14(12,13)8-10-3-4-10/h9-11H,3-8H2,1-2H3. The van der Waals surface area contributed by atoms with Crippen molar-refractivity contribution in [1.29, 1.82) is 0 Å². The van der Waals surface area contributed by atoms with Gasteiger partial charge in [0.05, 0.1) is 11.5 Å². The molecule has 0 unspecified atom stereocenters. The van der Waals surface area contributed by atoms with Crippen molar-refractivity contribution in [3.63, 3.8) is 0 Å². The zero-order valence-electron chi connectivity index (χ0n) is 9.12. The molecule has 1 N–H and O–H groups in total. The van der Waals surface area contributed by atoms with Crippen molar-refractivity contribution in [2.24, 2.45) is 11.8 Å². The second-order valence-corrected chi connectivity index (χ2v) is 6.88. The minimum Gasteiger partial charge on any atom is -0.315 e. The van der Waals surface area contributed by atoms with Crippen LogP contribution in [-0.4, -0.2) is 33.0 Å². The van der Waals surface area contributed by atoms with E-state index in [1.54, 1.807) is 0 Å². The smallest absolute Gasteiger partial charge is 0.151 e. The van der Waals surface area contributed by atoms with E-state index in [1.165, 1.54) is 0 Å². The Kier molecular flexibility index (Phi) is 4.38. The maximum Gasteiger partial charge on any atom is 0.151 e. The Morgan fingerprint density at radius 1 is 1.36 bits per heavy atom. The summed E-state index contributed by atoms with van der Waals surface area (Å²) in [4.78, 5) is 0. The van der Waals surface area contributed by atoms with Crippen LogP contribution < -0.4 is 5.32 Å². The van der Waals surface area contributed by atoms with Crippen LogP contribution in [0.4, 0.5) is 0 Å². The zero-order valence-corrected chi connectivity index (χ0v) is 9.94. The van der Waals surface area contributed by atoms with Gasteiger partial charge in [0.2, 0.25) is 0 Å². The molecule has 1 rings (SSSR count). The summed E-state index contributed by atoms with van der Waals surface area (Å²) in [7, 11) is -2.78. The molecule has 3 nitrogen and oxygen atoms in total. The van der Waals surface area contributed by atoms with Crippen LogP contribution in [0.5, 0.6) is 0 Å². The minimum absolute atomic E-state index is 0.302. The first-order chi connectivity index (χ1) is 6.49. The van der Waals surface area contributed by atoms with Crippen molar-refractivity contribution < 1.29 is 8.42 Å². The zero-order chi connectivity index (χ0) is 10.6. The Bertz CT molecular complexity index is 255. The third-order valence-electron chi connectivity index (χ3n) is 2.33. The SMILES string of the molecule is CC(C)CNCCS(=O)(=O)CC1CC1. The Labute approximate surface area is 87.2 Å². The van der Waals surface area contributed by atoms with Gasteiger partial charge in [-0.15, -0.1) is 0 Å². The van der Waals surface area contributed by atoms with E-state index in [2.05, 4.69) is 19.2 Å². The molecule has 84 valence electrons. The van der Waals surface area contributed by atoms with E-state index in [0.717, 1.165) is 19.4 Å². The first-order valence-corrected chi connectivity index (χ1v) is 7.23. The van der Waals surface area contributed by atoms with Crippen LogP contribution >= 0.6 is 0 Å². The van der Waals surface area contributed by atoms with Crippen molar-refractivity contribution in [2.45, 2.75) is 26.7 Å². The molecular weight excluding hydrogens is 198 g/mol. The summed E-state index contributed by atoms with van der Waals surface area (Å²) in [5.41, 5.74) is 0. The lowest BCUT2D eigenvalue weighted by Gasteiger charge is -2.07. The molecule has 0 spiro atoms. The van der Waals surface area contributed by atoms with Crippen LogP contribution in [0.2, 0.25) is 0 Å². The fourth-order valence-corrected chi connectivity index (χ4v) is 3.02. The molecule has 0 heterocycles. The second-order valence-electron chi connectivity index (χ2n) is 4.66. The highest BCUT2D eigenvalue weighted by Gasteiger charge is 2.27. The summed E-state index contributed by atoms with van der Waals surface area (Å²) >= 11 is 0. The van der Waals surface area contributed by atoms with Crippen LogP contribution in [0, 0.1) is 11.8 Å². The van der Waals surface area contributed by atoms with Crippen molar-refractivity contribution >= 4 is 9.84 Å². The van der Waals surface area contributed by atoms with Gasteiger partial charge in [0.25, 0.3) is 0 Å². The summed E-state index contributed by atoms with van der Waals surface area (Å²) in [5, 5.41) is 3.16. The van der Waals surface area contributed by atoms with Gasteiger partial charge < -0.3 is 5.32 Å². The topological polar surface area (TPSA) is 46.2 Å². The molecule has 0 amide bonds. The molecule has 1 saturated carbocycles. The van der Waals surface area contributed by atoms with Gasteiger partial charge in [-0.25, -0.2) is 8.42 Å². The molecule has 0 atom stereocenters. The van der Waals surface area contributed by atoms with Gasteiger partial charge in [-0.3, -0.25) is 0 Å². The molecule has 0 saturated heterocycles. The van der Waals surface area contributed by atoms with E-state index in [1.807, 2.05) is 0 Å². The molecule has 0 aromatic heterocycles. The third kappa shape index (κ3) is 5.60. The minimum atomic E-state index is -2.78. The maximum atomic E-state index is 11.5. The number of hydrogen-bond donors (Lipinski definition) is 1. The van der Waals surface area contributed by atoms with E-state index in [4.69, 9.17) is 0 Å². The predicted molar refractivity (Wildman–Crippen MR) is 59.1 cm³/mol. The van der Waals surface area contributed by atoms with Crippen LogP contribution in [0.15, 0.2) is 0 Å². The summed E-state index contributed by atoms with van der Waals surface area (Å²) in [6.07, 6.45) is 2.22. The monoisotopic (exact) mass is 219 g/mol. The molecular formula is C10H21NO2S. The van der Waals surface area contributed by atoms with E-state index < -0.39 is 9.84 Å². The fourth-order valence-electron chi connectivity index (χ4n) is 1.35. The Morgan fingerprint density at radius 3 is 2.50 bits per heavy atom. The number of sulfone groups is 1. The lowest BCUT2D eigenvalue weighted by atomic mass is 10.2. The Balaban J connectivity index is 2.09. The van der Waals surface area contributed by atoms with Gasteiger partial charge >= 0.3 is 0 Å². The maximum absolute atomic E-state index is 11.5. The molecule has 0 aromatic carbocycles. The molecule has 4 heteroatoms. The average Bonchev–Trinajstić information content (AvgIpc) is 2.81. The van der Waals surface area contributed by atoms with Gasteiger partial charge in [0.1, 0.15) is 0 Å². The molecule has 14 heavy (non-hydrogen) atoms. The van der Waals surface area contributed by atoms with Crippen molar-refractivity contribution in [3.8, 4) is 0 Å². The van der Waals surface area contributed by atoms with Crippen molar-refractivity contribution in [3.05, 3.63) is 0 Å². The number of hydrogen-bond acceptors (Lipinski definition) is 3. The van der Waals surface area contributed by atoms with Crippen LogP contribution in [0.3, 0.4) is 0 Å². The largest absolute Gasteiger partial charge is 0.315 e.